The molecule has 2 aliphatic rings. The van der Waals surface area contributed by atoms with E-state index in [2.05, 4.69) is 30.1 Å². The average molecular weight is 514 g/mol. The van der Waals surface area contributed by atoms with Gasteiger partial charge in [-0.3, -0.25) is 9.69 Å². The van der Waals surface area contributed by atoms with Crippen LogP contribution in [0.3, 0.4) is 0 Å². The molecule has 1 atom stereocenters. The first-order chi connectivity index (χ1) is 17.5. The van der Waals surface area contributed by atoms with E-state index in [9.17, 15) is 9.18 Å². The van der Waals surface area contributed by atoms with Gasteiger partial charge in [0.05, 0.1) is 18.3 Å². The Hall–Kier alpha value is -3.11. The molecule has 0 saturated carbocycles. The molecular formula is C25H29ClFN7O2. The van der Waals surface area contributed by atoms with Crippen LogP contribution in [0.25, 0.3) is 11.0 Å². The van der Waals surface area contributed by atoms with Gasteiger partial charge in [0, 0.05) is 31.2 Å². The largest absolute Gasteiger partial charge is 0.469 e. The van der Waals surface area contributed by atoms with Crippen LogP contribution in [0.4, 0.5) is 21.8 Å². The van der Waals surface area contributed by atoms with Gasteiger partial charge in [0.15, 0.2) is 5.82 Å². The number of likely N-dealkylation sites (tertiary alicyclic amines) is 1. The van der Waals surface area contributed by atoms with E-state index < -0.39 is 5.82 Å². The van der Waals surface area contributed by atoms with Crippen molar-refractivity contribution in [1.82, 2.24) is 24.8 Å². The highest BCUT2D eigenvalue weighted by atomic mass is 35.5. The van der Waals surface area contributed by atoms with Crippen molar-refractivity contribution in [2.75, 3.05) is 43.5 Å². The summed E-state index contributed by atoms with van der Waals surface area (Å²) < 4.78 is 18.3. The molecule has 2 aliphatic heterocycles. The van der Waals surface area contributed by atoms with Gasteiger partial charge in [-0.25, -0.2) is 24.3 Å². The minimum Gasteiger partial charge on any atom is -0.469 e. The number of nitrogens with one attached hydrogen (secondary N) is 1. The number of carbonyl (C=O) groups excluding carboxylic acids is 1. The molecule has 4 heterocycles. The molecule has 5 rings (SSSR count). The second-order valence-corrected chi connectivity index (χ2v) is 9.77. The standard InChI is InChI=1S/C25H29ClFN7O2/c1-36-22(35)5-2-16-6-9-33(10-7-16)18-8-11-34(14-18)25-28-13-21-23(32-25)24(30-15-29-21)31-17-3-4-20(27)19(26)12-17/h3-4,12-13,15-16,18H,2,5-11,14H2,1H3,(H,29,30,31). The van der Waals surface area contributed by atoms with Crippen LogP contribution >= 0.6 is 11.6 Å². The molecular weight excluding hydrogens is 485 g/mol. The van der Waals surface area contributed by atoms with E-state index in [4.69, 9.17) is 21.3 Å². The van der Waals surface area contributed by atoms with Crippen LogP contribution in [0, 0.1) is 11.7 Å². The van der Waals surface area contributed by atoms with Gasteiger partial charge in [-0.1, -0.05) is 11.6 Å². The van der Waals surface area contributed by atoms with E-state index in [0.29, 0.717) is 46.9 Å². The maximum absolute atomic E-state index is 13.5. The van der Waals surface area contributed by atoms with Crippen molar-refractivity contribution in [3.63, 3.8) is 0 Å². The number of benzene rings is 1. The second kappa shape index (κ2) is 10.9. The van der Waals surface area contributed by atoms with Gasteiger partial charge in [0.1, 0.15) is 23.2 Å². The van der Waals surface area contributed by atoms with Gasteiger partial charge in [0.2, 0.25) is 5.95 Å². The van der Waals surface area contributed by atoms with Crippen molar-refractivity contribution < 1.29 is 13.9 Å². The maximum Gasteiger partial charge on any atom is 0.305 e. The van der Waals surface area contributed by atoms with Gasteiger partial charge < -0.3 is 15.0 Å². The molecule has 1 N–H and O–H groups in total. The molecule has 2 saturated heterocycles. The number of halogens is 2. The first-order valence-corrected chi connectivity index (χ1v) is 12.6. The summed E-state index contributed by atoms with van der Waals surface area (Å²) in [5, 5.41) is 3.20. The topological polar surface area (TPSA) is 96.4 Å². The summed E-state index contributed by atoms with van der Waals surface area (Å²) in [6.07, 6.45) is 7.84. The van der Waals surface area contributed by atoms with E-state index in [1.54, 1.807) is 12.3 Å². The van der Waals surface area contributed by atoms with Gasteiger partial charge >= 0.3 is 5.97 Å². The molecule has 2 aromatic heterocycles. The minimum atomic E-state index is -0.478. The van der Waals surface area contributed by atoms with Crippen LogP contribution in [-0.4, -0.2) is 70.1 Å². The SMILES string of the molecule is COC(=O)CCC1CCN(C2CCN(c3ncc4ncnc(Nc5ccc(F)c(Cl)c5)c4n3)C2)CC1. The third-order valence-corrected chi connectivity index (χ3v) is 7.43. The van der Waals surface area contributed by atoms with Gasteiger partial charge in [0.25, 0.3) is 0 Å². The summed E-state index contributed by atoms with van der Waals surface area (Å²) in [5.41, 5.74) is 1.82. The molecule has 190 valence electrons. The summed E-state index contributed by atoms with van der Waals surface area (Å²) in [6, 6.07) is 4.87. The molecule has 2 fully saturated rings. The van der Waals surface area contributed by atoms with Crippen molar-refractivity contribution in [3.8, 4) is 0 Å². The van der Waals surface area contributed by atoms with Crippen molar-refractivity contribution in [2.45, 2.75) is 38.1 Å². The number of rotatable bonds is 7. The lowest BCUT2D eigenvalue weighted by Gasteiger charge is -2.35. The summed E-state index contributed by atoms with van der Waals surface area (Å²) >= 11 is 5.93. The Morgan fingerprint density at radius 1 is 1.19 bits per heavy atom. The van der Waals surface area contributed by atoms with Gasteiger partial charge in [-0.05, 0) is 62.9 Å². The number of hydrogen-bond acceptors (Lipinski definition) is 9. The molecule has 1 unspecified atom stereocenters. The maximum atomic E-state index is 13.5. The smallest absolute Gasteiger partial charge is 0.305 e. The monoisotopic (exact) mass is 513 g/mol. The summed E-state index contributed by atoms with van der Waals surface area (Å²) in [5.74, 6) is 1.14. The number of piperidine rings is 1. The van der Waals surface area contributed by atoms with E-state index in [1.165, 1.54) is 25.6 Å². The lowest BCUT2D eigenvalue weighted by atomic mass is 9.91. The number of methoxy groups -OCH3 is 1. The predicted octanol–water partition coefficient (Wildman–Crippen LogP) is 4.20. The summed E-state index contributed by atoms with van der Waals surface area (Å²) in [4.78, 5) is 34.2. The average Bonchev–Trinajstić information content (AvgIpc) is 3.40. The highest BCUT2D eigenvalue weighted by molar-refractivity contribution is 6.31. The number of fused-ring (bicyclic) bond motifs is 1. The van der Waals surface area contributed by atoms with Crippen LogP contribution in [-0.2, 0) is 9.53 Å². The quantitative estimate of drug-likeness (QED) is 0.466. The number of nitrogens with zero attached hydrogens (tertiary/aromatic N) is 6. The van der Waals surface area contributed by atoms with Crippen molar-refractivity contribution >= 4 is 46.1 Å². The first-order valence-electron chi connectivity index (χ1n) is 12.3. The van der Waals surface area contributed by atoms with E-state index in [0.717, 1.165) is 51.9 Å². The van der Waals surface area contributed by atoms with Crippen LogP contribution < -0.4 is 10.2 Å². The third-order valence-electron chi connectivity index (χ3n) is 7.14. The number of carbonyl (C=O) groups is 1. The van der Waals surface area contributed by atoms with Gasteiger partial charge in [-0.2, -0.15) is 0 Å². The molecule has 9 nitrogen and oxygen atoms in total. The highest BCUT2D eigenvalue weighted by Crippen LogP contribution is 2.29. The number of anilines is 3. The first kappa shape index (κ1) is 24.6. The predicted molar refractivity (Wildman–Crippen MR) is 136 cm³/mol. The molecule has 0 radical (unpaired) electrons. The van der Waals surface area contributed by atoms with Crippen molar-refractivity contribution in [1.29, 1.82) is 0 Å². The number of aromatic nitrogens is 4. The Kier molecular flexibility index (Phi) is 7.43. The molecule has 1 aromatic carbocycles. The van der Waals surface area contributed by atoms with Gasteiger partial charge in [-0.15, -0.1) is 0 Å². The number of hydrogen-bond donors (Lipinski definition) is 1. The fourth-order valence-corrected chi connectivity index (χ4v) is 5.23. The van der Waals surface area contributed by atoms with E-state index >= 15 is 0 Å². The second-order valence-electron chi connectivity index (χ2n) is 9.36. The fraction of sp³-hybridized carbons (Fsp3) is 0.480. The Bertz CT molecular complexity index is 1240. The molecule has 3 aromatic rings. The zero-order valence-electron chi connectivity index (χ0n) is 20.2. The van der Waals surface area contributed by atoms with Crippen molar-refractivity contribution in [3.05, 3.63) is 41.6 Å². The minimum absolute atomic E-state index is 0.0317. The van der Waals surface area contributed by atoms with E-state index in [-0.39, 0.29) is 11.0 Å². The van der Waals surface area contributed by atoms with E-state index in [1.807, 2.05) is 0 Å². The highest BCUT2D eigenvalue weighted by Gasteiger charge is 2.32. The summed E-state index contributed by atoms with van der Waals surface area (Å²) in [7, 11) is 1.45. The van der Waals surface area contributed by atoms with Crippen LogP contribution in [0.5, 0.6) is 0 Å². The molecule has 11 heteroatoms. The Balaban J connectivity index is 1.24. The molecule has 0 aliphatic carbocycles. The van der Waals surface area contributed by atoms with Crippen LogP contribution in [0.2, 0.25) is 5.02 Å². The Labute approximate surface area is 214 Å². The van der Waals surface area contributed by atoms with Crippen LogP contribution in [0.15, 0.2) is 30.7 Å². The lowest BCUT2D eigenvalue weighted by Crippen LogP contribution is -2.43. The normalized spacial score (nSPS) is 19.1. The third kappa shape index (κ3) is 5.49. The zero-order valence-corrected chi connectivity index (χ0v) is 20.9. The zero-order chi connectivity index (χ0) is 25.1. The molecule has 0 spiro atoms. The fourth-order valence-electron chi connectivity index (χ4n) is 5.05. The van der Waals surface area contributed by atoms with Crippen LogP contribution in [0.1, 0.15) is 32.1 Å². The molecule has 0 bridgehead atoms. The lowest BCUT2D eigenvalue weighted by molar-refractivity contribution is -0.141. The number of ether oxygens (including phenoxy) is 1. The van der Waals surface area contributed by atoms with Crippen molar-refractivity contribution in [2.24, 2.45) is 5.92 Å². The molecule has 0 amide bonds. The Morgan fingerprint density at radius 3 is 2.81 bits per heavy atom. The Morgan fingerprint density at radius 2 is 2.03 bits per heavy atom. The molecule has 36 heavy (non-hydrogen) atoms. The summed E-state index contributed by atoms with van der Waals surface area (Å²) in [6.45, 7) is 3.83. The number of esters is 1.